The summed E-state index contributed by atoms with van der Waals surface area (Å²) in [6, 6.07) is 3.11. The molecule has 0 spiro atoms. The highest BCUT2D eigenvalue weighted by Crippen LogP contribution is 2.37. The number of benzene rings is 1. The zero-order valence-electron chi connectivity index (χ0n) is 22.2. The third-order valence-electron chi connectivity index (χ3n) is 5.76. The molecule has 2 atom stereocenters. The highest BCUT2D eigenvalue weighted by atomic mass is 16.6. The Morgan fingerprint density at radius 3 is 2.26 bits per heavy atom. The Bertz CT molecular complexity index is 860. The molecule has 0 saturated carbocycles. The number of carbonyl (C=O) groups excluding carboxylic acids is 3. The van der Waals surface area contributed by atoms with Crippen molar-refractivity contribution < 1.29 is 24.2 Å². The molecule has 8 nitrogen and oxygen atoms in total. The molecule has 0 radical (unpaired) electrons. The normalized spacial score (nSPS) is 13.6. The number of phenols is 1. The van der Waals surface area contributed by atoms with E-state index in [0.717, 1.165) is 12.8 Å². The Morgan fingerprint density at radius 1 is 1.12 bits per heavy atom. The van der Waals surface area contributed by atoms with Crippen LogP contribution in [0.15, 0.2) is 18.2 Å². The molecule has 1 rings (SSSR count). The molecule has 34 heavy (non-hydrogen) atoms. The van der Waals surface area contributed by atoms with Crippen molar-refractivity contribution in [1.29, 1.82) is 0 Å². The molecule has 3 N–H and O–H groups in total. The molecule has 2 unspecified atom stereocenters. The van der Waals surface area contributed by atoms with E-state index < -0.39 is 35.2 Å². The van der Waals surface area contributed by atoms with Gasteiger partial charge in [0, 0.05) is 17.6 Å². The number of para-hydroxylation sites is 1. The van der Waals surface area contributed by atoms with Crippen LogP contribution in [0.25, 0.3) is 0 Å². The number of unbranched alkanes of at least 4 members (excludes halogenated alkanes) is 1. The van der Waals surface area contributed by atoms with Crippen LogP contribution < -0.4 is 10.6 Å². The second-order valence-corrected chi connectivity index (χ2v) is 10.3. The predicted octanol–water partition coefficient (Wildman–Crippen LogP) is 4.59. The minimum absolute atomic E-state index is 0.0319. The minimum Gasteiger partial charge on any atom is -0.507 e. The number of rotatable bonds is 10. The van der Waals surface area contributed by atoms with Gasteiger partial charge in [0.05, 0.1) is 0 Å². The lowest BCUT2D eigenvalue weighted by Gasteiger charge is -2.44. The molecule has 0 heterocycles. The Kier molecular flexibility index (Phi) is 10.4. The highest BCUT2D eigenvalue weighted by molar-refractivity contribution is 5.93. The summed E-state index contributed by atoms with van der Waals surface area (Å²) in [7, 11) is 0. The van der Waals surface area contributed by atoms with Crippen LogP contribution in [0.4, 0.5) is 4.79 Å². The van der Waals surface area contributed by atoms with Crippen molar-refractivity contribution in [1.82, 2.24) is 15.5 Å². The van der Waals surface area contributed by atoms with Crippen LogP contribution in [0, 0.1) is 6.92 Å². The molecule has 0 aliphatic heterocycles. The quantitative estimate of drug-likeness (QED) is 0.427. The van der Waals surface area contributed by atoms with Gasteiger partial charge in [0.1, 0.15) is 23.4 Å². The van der Waals surface area contributed by atoms with Crippen LogP contribution in [0.2, 0.25) is 0 Å². The summed E-state index contributed by atoms with van der Waals surface area (Å²) in [6.07, 6.45) is 1.52. The number of hydrogen-bond donors (Lipinski definition) is 3. The zero-order valence-corrected chi connectivity index (χ0v) is 22.2. The summed E-state index contributed by atoms with van der Waals surface area (Å²) in [6.45, 7) is 16.7. The average Bonchev–Trinajstić information content (AvgIpc) is 2.72. The fourth-order valence-corrected chi connectivity index (χ4v) is 3.48. The lowest BCUT2D eigenvalue weighted by molar-refractivity contribution is -0.149. The summed E-state index contributed by atoms with van der Waals surface area (Å²) in [5.74, 6) is -0.862. The van der Waals surface area contributed by atoms with E-state index in [2.05, 4.69) is 10.6 Å². The Morgan fingerprint density at radius 2 is 1.74 bits per heavy atom. The van der Waals surface area contributed by atoms with Crippen LogP contribution in [0.5, 0.6) is 5.75 Å². The SMILES string of the molecule is CCCCNC(=O)C(c1cccc(C)c1O)N(C(=O)C(C)NC(=O)OC(C)(C)C)C(C)(C)CC. The summed E-state index contributed by atoms with van der Waals surface area (Å²) in [4.78, 5) is 41.1. The first-order chi connectivity index (χ1) is 15.7. The Balaban J connectivity index is 3.50. The zero-order chi connectivity index (χ0) is 26.3. The first-order valence-electron chi connectivity index (χ1n) is 12.0. The number of alkyl carbamates (subject to hydrolysis) is 1. The number of nitrogens with zero attached hydrogens (tertiary/aromatic N) is 1. The maximum absolute atomic E-state index is 13.8. The molecule has 192 valence electrons. The lowest BCUT2D eigenvalue weighted by Crippen LogP contribution is -2.58. The maximum Gasteiger partial charge on any atom is 0.408 e. The van der Waals surface area contributed by atoms with Crippen molar-refractivity contribution >= 4 is 17.9 Å². The molecule has 0 saturated heterocycles. The van der Waals surface area contributed by atoms with Gasteiger partial charge in [-0.25, -0.2) is 4.79 Å². The fraction of sp³-hybridized carbons (Fsp3) is 0.654. The van der Waals surface area contributed by atoms with Crippen LogP contribution >= 0.6 is 0 Å². The largest absolute Gasteiger partial charge is 0.507 e. The third-order valence-corrected chi connectivity index (χ3v) is 5.76. The number of nitrogens with one attached hydrogen (secondary N) is 2. The van der Waals surface area contributed by atoms with Gasteiger partial charge in [0.25, 0.3) is 0 Å². The first-order valence-corrected chi connectivity index (χ1v) is 12.0. The standard InChI is InChI=1S/C26H43N3O5/c1-10-12-16-27-22(31)20(19-15-13-14-17(3)21(19)30)29(26(8,9)11-2)23(32)18(4)28-24(33)34-25(5,6)7/h13-15,18,20,30H,10-12,16H2,1-9H3,(H,27,31)(H,28,33). The maximum atomic E-state index is 13.8. The number of aromatic hydroxyl groups is 1. The van der Waals surface area contributed by atoms with Crippen molar-refractivity contribution in [2.75, 3.05) is 6.54 Å². The van der Waals surface area contributed by atoms with Gasteiger partial charge in [-0.3, -0.25) is 9.59 Å². The second kappa shape index (κ2) is 12.1. The van der Waals surface area contributed by atoms with Gasteiger partial charge in [0.15, 0.2) is 0 Å². The lowest BCUT2D eigenvalue weighted by atomic mass is 9.91. The molecule has 0 bridgehead atoms. The predicted molar refractivity (Wildman–Crippen MR) is 134 cm³/mol. The molecule has 1 aromatic carbocycles. The van der Waals surface area contributed by atoms with Gasteiger partial charge < -0.3 is 25.4 Å². The van der Waals surface area contributed by atoms with Crippen molar-refractivity contribution in [2.45, 2.75) is 105 Å². The van der Waals surface area contributed by atoms with Gasteiger partial charge in [-0.2, -0.15) is 0 Å². The van der Waals surface area contributed by atoms with Gasteiger partial charge in [-0.05, 0) is 66.9 Å². The Labute approximate surface area is 204 Å². The summed E-state index contributed by atoms with van der Waals surface area (Å²) >= 11 is 0. The van der Waals surface area contributed by atoms with Gasteiger partial charge >= 0.3 is 6.09 Å². The number of carbonyl (C=O) groups is 3. The molecule has 1 aromatic rings. The Hall–Kier alpha value is -2.77. The van der Waals surface area contributed by atoms with Gasteiger partial charge in [0.2, 0.25) is 11.8 Å². The van der Waals surface area contributed by atoms with E-state index in [-0.39, 0.29) is 11.7 Å². The summed E-state index contributed by atoms with van der Waals surface area (Å²) in [5.41, 5.74) is -0.535. The van der Waals surface area contributed by atoms with Crippen LogP contribution in [-0.2, 0) is 14.3 Å². The number of hydrogen-bond acceptors (Lipinski definition) is 5. The van der Waals surface area contributed by atoms with Crippen molar-refractivity contribution in [2.24, 2.45) is 0 Å². The van der Waals surface area contributed by atoms with Gasteiger partial charge in [-0.1, -0.05) is 38.5 Å². The minimum atomic E-state index is -1.08. The van der Waals surface area contributed by atoms with E-state index in [1.54, 1.807) is 52.8 Å². The summed E-state index contributed by atoms with van der Waals surface area (Å²) in [5, 5.41) is 16.4. The van der Waals surface area contributed by atoms with Crippen molar-refractivity contribution in [3.05, 3.63) is 29.3 Å². The number of amides is 3. The van der Waals surface area contributed by atoms with E-state index in [9.17, 15) is 19.5 Å². The first kappa shape index (κ1) is 29.3. The van der Waals surface area contributed by atoms with E-state index in [1.807, 2.05) is 27.7 Å². The monoisotopic (exact) mass is 477 g/mol. The molecular formula is C26H43N3O5. The average molecular weight is 478 g/mol. The topological polar surface area (TPSA) is 108 Å². The number of aryl methyl sites for hydroxylation is 1. The molecular weight excluding hydrogens is 434 g/mol. The highest BCUT2D eigenvalue weighted by Gasteiger charge is 2.43. The molecule has 0 aliphatic rings. The van der Waals surface area contributed by atoms with Crippen LogP contribution in [-0.4, -0.2) is 51.6 Å². The molecule has 3 amide bonds. The van der Waals surface area contributed by atoms with E-state index >= 15 is 0 Å². The fourth-order valence-electron chi connectivity index (χ4n) is 3.48. The number of phenolic OH excluding ortho intramolecular Hbond substituents is 1. The van der Waals surface area contributed by atoms with Crippen LogP contribution in [0.1, 0.15) is 91.8 Å². The van der Waals surface area contributed by atoms with Crippen molar-refractivity contribution in [3.8, 4) is 5.75 Å². The summed E-state index contributed by atoms with van der Waals surface area (Å²) < 4.78 is 5.30. The second-order valence-electron chi connectivity index (χ2n) is 10.3. The van der Waals surface area contributed by atoms with E-state index in [1.165, 1.54) is 4.90 Å². The number of ether oxygens (including phenoxy) is 1. The van der Waals surface area contributed by atoms with Gasteiger partial charge in [-0.15, -0.1) is 0 Å². The smallest absolute Gasteiger partial charge is 0.408 e. The van der Waals surface area contributed by atoms with E-state index in [4.69, 9.17) is 4.74 Å². The molecule has 0 fully saturated rings. The molecule has 8 heteroatoms. The van der Waals surface area contributed by atoms with Crippen molar-refractivity contribution in [3.63, 3.8) is 0 Å². The van der Waals surface area contributed by atoms with Crippen LogP contribution in [0.3, 0.4) is 0 Å². The molecule has 0 aliphatic carbocycles. The molecule has 0 aromatic heterocycles. The third kappa shape index (κ3) is 7.92. The van der Waals surface area contributed by atoms with E-state index in [0.29, 0.717) is 24.1 Å².